The second kappa shape index (κ2) is 14.0. The minimum atomic E-state index is -0.788. The lowest BCUT2D eigenvalue weighted by Gasteiger charge is -2.34. The largest absolute Gasteiger partial charge is 0.468 e. The third-order valence-electron chi connectivity index (χ3n) is 5.88. The molecule has 0 aromatic heterocycles. The molecule has 35 heavy (non-hydrogen) atoms. The molecule has 3 rings (SSSR count). The number of ether oxygens (including phenoxy) is 2. The molecule has 2 unspecified atom stereocenters. The van der Waals surface area contributed by atoms with Crippen LogP contribution in [0.15, 0.2) is 91.0 Å². The second-order valence-corrected chi connectivity index (χ2v) is 8.25. The number of methoxy groups -OCH3 is 2. The van der Waals surface area contributed by atoms with Crippen LogP contribution in [0.1, 0.15) is 29.5 Å². The van der Waals surface area contributed by atoms with Crippen LogP contribution in [0.3, 0.4) is 0 Å². The van der Waals surface area contributed by atoms with Gasteiger partial charge in [-0.15, -0.1) is 0 Å². The van der Waals surface area contributed by atoms with Gasteiger partial charge in [0.05, 0.1) is 20.8 Å². The topological polar surface area (TPSA) is 65.1 Å². The van der Waals surface area contributed by atoms with Crippen LogP contribution < -0.4 is 0 Å². The maximum atomic E-state index is 13.0. The predicted molar refractivity (Wildman–Crippen MR) is 134 cm³/mol. The molecule has 0 fully saturated rings. The Kier molecular flexibility index (Phi) is 10.5. The summed E-state index contributed by atoms with van der Waals surface area (Å²) in [6.45, 7) is 0.207. The van der Waals surface area contributed by atoms with Crippen molar-refractivity contribution >= 4 is 11.9 Å². The van der Waals surface area contributed by atoms with Crippen molar-refractivity contribution in [2.24, 2.45) is 0 Å². The van der Waals surface area contributed by atoms with Crippen LogP contribution in [0, 0.1) is 0 Å². The summed E-state index contributed by atoms with van der Waals surface area (Å²) in [5.74, 6) is -0.912. The molecule has 0 aliphatic rings. The molecular weight excluding hydrogens is 442 g/mol. The zero-order valence-corrected chi connectivity index (χ0v) is 20.3. The van der Waals surface area contributed by atoms with Crippen LogP contribution in [0.5, 0.6) is 0 Å². The van der Waals surface area contributed by atoms with Gasteiger partial charge in [-0.25, -0.2) is 0 Å². The number of rotatable bonds is 13. The highest BCUT2D eigenvalue weighted by Crippen LogP contribution is 2.21. The number of carbonyl (C=O) groups is 2. The molecule has 0 saturated heterocycles. The fraction of sp³-hybridized carbons (Fsp3) is 0.310. The molecule has 0 radical (unpaired) electrons. The number of benzene rings is 3. The molecule has 0 saturated carbocycles. The standard InChI is InChI=1S/C29H33NO5/c1-33-28(31)26(20-18-23-12-6-3-7-13-23)30(35-22-25-16-10-5-11-17-25)27(29(32)34-2)21-19-24-14-8-4-9-15-24/h3-17,26-27H,18-22H2,1-2H3. The van der Waals surface area contributed by atoms with Crippen molar-refractivity contribution in [3.63, 3.8) is 0 Å². The van der Waals surface area contributed by atoms with Gasteiger partial charge in [0, 0.05) is 0 Å². The van der Waals surface area contributed by atoms with Crippen LogP contribution >= 0.6 is 0 Å². The van der Waals surface area contributed by atoms with Crippen LogP contribution in [0.25, 0.3) is 0 Å². The molecule has 0 aliphatic carbocycles. The van der Waals surface area contributed by atoms with Crippen molar-refractivity contribution in [1.29, 1.82) is 0 Å². The molecule has 2 atom stereocenters. The average molecular weight is 476 g/mol. The van der Waals surface area contributed by atoms with E-state index < -0.39 is 24.0 Å². The normalized spacial score (nSPS) is 12.7. The second-order valence-electron chi connectivity index (χ2n) is 8.25. The Balaban J connectivity index is 1.88. The van der Waals surface area contributed by atoms with E-state index >= 15 is 0 Å². The van der Waals surface area contributed by atoms with Crippen LogP contribution in [-0.4, -0.2) is 43.3 Å². The molecular formula is C29H33NO5. The number of hydroxylamine groups is 2. The quantitative estimate of drug-likeness (QED) is 0.262. The van der Waals surface area contributed by atoms with Gasteiger partial charge in [0.15, 0.2) is 0 Å². The summed E-state index contributed by atoms with van der Waals surface area (Å²) in [5.41, 5.74) is 3.10. The minimum Gasteiger partial charge on any atom is -0.468 e. The minimum absolute atomic E-state index is 0.207. The van der Waals surface area contributed by atoms with Crippen LogP contribution in [0.2, 0.25) is 0 Å². The first-order valence-electron chi connectivity index (χ1n) is 11.8. The van der Waals surface area contributed by atoms with Crippen molar-refractivity contribution in [1.82, 2.24) is 5.06 Å². The van der Waals surface area contributed by atoms with E-state index in [2.05, 4.69) is 0 Å². The van der Waals surface area contributed by atoms with Gasteiger partial charge >= 0.3 is 11.9 Å². The first kappa shape index (κ1) is 26.1. The van der Waals surface area contributed by atoms with E-state index in [0.29, 0.717) is 25.7 Å². The first-order valence-corrected chi connectivity index (χ1v) is 11.8. The Labute approximate surface area is 207 Å². The number of nitrogens with zero attached hydrogens (tertiary/aromatic N) is 1. The molecule has 3 aromatic carbocycles. The Morgan fingerprint density at radius 3 is 1.37 bits per heavy atom. The van der Waals surface area contributed by atoms with Gasteiger partial charge in [-0.05, 0) is 42.4 Å². The molecule has 0 amide bonds. The van der Waals surface area contributed by atoms with Gasteiger partial charge in [0.1, 0.15) is 12.1 Å². The van der Waals surface area contributed by atoms with E-state index in [1.807, 2.05) is 91.0 Å². The fourth-order valence-corrected chi connectivity index (χ4v) is 3.99. The monoisotopic (exact) mass is 475 g/mol. The van der Waals surface area contributed by atoms with E-state index in [4.69, 9.17) is 14.3 Å². The van der Waals surface area contributed by atoms with Gasteiger partial charge in [0.2, 0.25) is 0 Å². The molecule has 6 nitrogen and oxygen atoms in total. The van der Waals surface area contributed by atoms with E-state index in [1.54, 1.807) is 0 Å². The van der Waals surface area contributed by atoms with Crippen molar-refractivity contribution in [2.75, 3.05) is 14.2 Å². The number of hydrogen-bond acceptors (Lipinski definition) is 6. The summed E-state index contributed by atoms with van der Waals surface area (Å²) in [5, 5.41) is 1.50. The number of hydrogen-bond donors (Lipinski definition) is 0. The third-order valence-corrected chi connectivity index (χ3v) is 5.88. The van der Waals surface area contributed by atoms with Crippen LogP contribution in [0.4, 0.5) is 0 Å². The Hall–Kier alpha value is -3.48. The lowest BCUT2D eigenvalue weighted by atomic mass is 10.0. The molecule has 3 aromatic rings. The summed E-state index contributed by atoms with van der Waals surface area (Å²) in [6, 6.07) is 27.9. The lowest BCUT2D eigenvalue weighted by Crippen LogP contribution is -2.51. The van der Waals surface area contributed by atoms with Gasteiger partial charge in [0.25, 0.3) is 0 Å². The molecule has 0 spiro atoms. The highest BCUT2D eigenvalue weighted by molar-refractivity contribution is 5.79. The van der Waals surface area contributed by atoms with Crippen molar-refractivity contribution < 1.29 is 23.9 Å². The summed E-state index contributed by atoms with van der Waals surface area (Å²) in [4.78, 5) is 32.2. The van der Waals surface area contributed by atoms with E-state index in [9.17, 15) is 9.59 Å². The molecule has 0 aliphatic heterocycles. The molecule has 0 N–H and O–H groups in total. The smallest absolute Gasteiger partial charge is 0.325 e. The lowest BCUT2D eigenvalue weighted by molar-refractivity contribution is -0.233. The maximum absolute atomic E-state index is 13.0. The van der Waals surface area contributed by atoms with Gasteiger partial charge in [-0.2, -0.15) is 5.06 Å². The number of aryl methyl sites for hydroxylation is 2. The zero-order valence-electron chi connectivity index (χ0n) is 20.3. The van der Waals surface area contributed by atoms with Crippen molar-refractivity contribution in [2.45, 2.75) is 44.4 Å². The average Bonchev–Trinajstić information content (AvgIpc) is 2.92. The maximum Gasteiger partial charge on any atom is 0.325 e. The van der Waals surface area contributed by atoms with Crippen molar-refractivity contribution in [3.8, 4) is 0 Å². The fourth-order valence-electron chi connectivity index (χ4n) is 3.99. The number of carbonyl (C=O) groups excluding carboxylic acids is 2. The molecule has 184 valence electrons. The summed E-state index contributed by atoms with van der Waals surface area (Å²) in [6.07, 6.45) is 2.09. The molecule has 0 bridgehead atoms. The highest BCUT2D eigenvalue weighted by atomic mass is 16.7. The van der Waals surface area contributed by atoms with Gasteiger partial charge < -0.3 is 9.47 Å². The summed E-state index contributed by atoms with van der Waals surface area (Å²) in [7, 11) is 2.70. The first-order chi connectivity index (χ1) is 17.1. The predicted octanol–water partition coefficient (Wildman–Crippen LogP) is 4.77. The Bertz CT molecular complexity index is 963. The van der Waals surface area contributed by atoms with E-state index in [0.717, 1.165) is 16.7 Å². The highest BCUT2D eigenvalue weighted by Gasteiger charge is 2.37. The number of esters is 2. The third kappa shape index (κ3) is 8.05. The van der Waals surface area contributed by atoms with Crippen LogP contribution in [-0.2, 0) is 43.3 Å². The van der Waals surface area contributed by atoms with Gasteiger partial charge in [-0.3, -0.25) is 14.4 Å². The summed E-state index contributed by atoms with van der Waals surface area (Å²) < 4.78 is 10.3. The summed E-state index contributed by atoms with van der Waals surface area (Å²) >= 11 is 0. The van der Waals surface area contributed by atoms with Gasteiger partial charge in [-0.1, -0.05) is 91.0 Å². The molecule has 0 heterocycles. The van der Waals surface area contributed by atoms with Crippen molar-refractivity contribution in [3.05, 3.63) is 108 Å². The van der Waals surface area contributed by atoms with E-state index in [-0.39, 0.29) is 6.61 Å². The SMILES string of the molecule is COC(=O)C(CCc1ccccc1)N(OCc1ccccc1)C(CCc1ccccc1)C(=O)OC. The molecule has 6 heteroatoms. The Morgan fingerprint density at radius 2 is 1.00 bits per heavy atom. The Morgan fingerprint density at radius 1 is 0.629 bits per heavy atom. The van der Waals surface area contributed by atoms with E-state index in [1.165, 1.54) is 19.3 Å². The zero-order chi connectivity index (χ0) is 24.9.